The molecule has 0 unspecified atom stereocenters. The minimum Gasteiger partial charge on any atom is -0.299 e. The Balaban J connectivity index is 1.13. The van der Waals surface area contributed by atoms with Crippen molar-refractivity contribution in [3.05, 3.63) is 44.9 Å². The van der Waals surface area contributed by atoms with Crippen LogP contribution in [0, 0.1) is 27.7 Å². The third-order valence-electron chi connectivity index (χ3n) is 5.14. The number of thioether (sulfide) groups is 1. The van der Waals surface area contributed by atoms with Gasteiger partial charge in [-0.15, -0.1) is 20.4 Å². The lowest BCUT2D eigenvalue weighted by Gasteiger charge is -2.03. The van der Waals surface area contributed by atoms with Gasteiger partial charge in [-0.2, -0.15) is 22.0 Å². The Morgan fingerprint density at radius 1 is 0.757 bits per heavy atom. The molecule has 0 atom stereocenters. The molecule has 0 fully saturated rings. The standard InChI is InChI=1S/C22H28N10O2S3/c1-13-9-15(3)31(29-13)11-17(33)23-21-27-25-19(36-21)5-7-35-8-6-20-26-28-22(37-20)24-18(34)12-32-16(4)10-14(2)30-32/h9-10H,5-8,11-12H2,1-4H3,(H,23,27,33)(H,24,28,34). The van der Waals surface area contributed by atoms with Gasteiger partial charge < -0.3 is 0 Å². The zero-order valence-electron chi connectivity index (χ0n) is 21.0. The van der Waals surface area contributed by atoms with Crippen LogP contribution in [0.25, 0.3) is 0 Å². The second-order valence-electron chi connectivity index (χ2n) is 8.38. The number of carbonyl (C=O) groups is 2. The van der Waals surface area contributed by atoms with Crippen LogP contribution >= 0.6 is 34.4 Å². The number of rotatable bonds is 12. The summed E-state index contributed by atoms with van der Waals surface area (Å²) in [5.74, 6) is 1.39. The van der Waals surface area contributed by atoms with E-state index in [1.807, 2.05) is 39.8 Å². The molecule has 196 valence electrons. The van der Waals surface area contributed by atoms with Gasteiger partial charge in [0, 0.05) is 24.2 Å². The van der Waals surface area contributed by atoms with Crippen LogP contribution in [-0.2, 0) is 35.5 Å². The molecule has 37 heavy (non-hydrogen) atoms. The Kier molecular flexibility index (Phi) is 9.00. The maximum atomic E-state index is 12.3. The lowest BCUT2D eigenvalue weighted by atomic mass is 10.4. The summed E-state index contributed by atoms with van der Waals surface area (Å²) in [4.78, 5) is 24.5. The number of nitrogens with zero attached hydrogens (tertiary/aromatic N) is 8. The molecule has 4 aromatic heterocycles. The molecule has 15 heteroatoms. The van der Waals surface area contributed by atoms with E-state index in [0.29, 0.717) is 10.3 Å². The van der Waals surface area contributed by atoms with Crippen LogP contribution in [0.3, 0.4) is 0 Å². The summed E-state index contributed by atoms with van der Waals surface area (Å²) in [7, 11) is 0. The lowest BCUT2D eigenvalue weighted by Crippen LogP contribution is -2.20. The van der Waals surface area contributed by atoms with Crippen molar-refractivity contribution in [2.45, 2.75) is 53.6 Å². The van der Waals surface area contributed by atoms with Gasteiger partial charge in [0.1, 0.15) is 23.1 Å². The number of aromatic nitrogens is 8. The summed E-state index contributed by atoms with van der Waals surface area (Å²) >= 11 is 4.55. The van der Waals surface area contributed by atoms with Gasteiger partial charge in [0.25, 0.3) is 0 Å². The summed E-state index contributed by atoms with van der Waals surface area (Å²) in [6, 6.07) is 3.86. The van der Waals surface area contributed by atoms with E-state index in [4.69, 9.17) is 0 Å². The number of aryl methyl sites for hydroxylation is 6. The Hall–Kier alpha value is -3.17. The normalized spacial score (nSPS) is 11.1. The molecule has 0 saturated heterocycles. The molecule has 0 aliphatic carbocycles. The predicted octanol–water partition coefficient (Wildman–Crippen LogP) is 2.81. The second kappa shape index (κ2) is 12.4. The van der Waals surface area contributed by atoms with Crippen molar-refractivity contribution in [2.24, 2.45) is 0 Å². The van der Waals surface area contributed by atoms with Gasteiger partial charge in [-0.3, -0.25) is 29.6 Å². The minimum absolute atomic E-state index is 0.144. The van der Waals surface area contributed by atoms with Crippen LogP contribution in [-0.4, -0.2) is 63.3 Å². The quantitative estimate of drug-likeness (QED) is 0.250. The van der Waals surface area contributed by atoms with Gasteiger partial charge in [0.2, 0.25) is 22.1 Å². The fraction of sp³-hybridized carbons (Fsp3) is 0.455. The molecular weight excluding hydrogens is 533 g/mol. The molecule has 4 aromatic rings. The van der Waals surface area contributed by atoms with Crippen molar-refractivity contribution >= 4 is 56.5 Å². The summed E-state index contributed by atoms with van der Waals surface area (Å²) in [5, 5.41) is 33.4. The number of nitrogens with one attached hydrogen (secondary N) is 2. The fourth-order valence-corrected chi connectivity index (χ4v) is 6.14. The molecular formula is C22H28N10O2S3. The van der Waals surface area contributed by atoms with Crippen LogP contribution in [0.1, 0.15) is 32.8 Å². The van der Waals surface area contributed by atoms with E-state index in [0.717, 1.165) is 57.1 Å². The van der Waals surface area contributed by atoms with Gasteiger partial charge in [-0.05, 0) is 51.3 Å². The smallest absolute Gasteiger partial charge is 0.247 e. The first-order valence-corrected chi connectivity index (χ1v) is 14.4. The molecule has 4 rings (SSSR count). The highest BCUT2D eigenvalue weighted by Gasteiger charge is 2.13. The highest BCUT2D eigenvalue weighted by Crippen LogP contribution is 2.20. The molecule has 2 N–H and O–H groups in total. The first kappa shape index (κ1) is 26.9. The molecule has 0 radical (unpaired) electrons. The second-order valence-corrected chi connectivity index (χ2v) is 11.7. The molecule has 0 aromatic carbocycles. The zero-order chi connectivity index (χ0) is 26.4. The molecule has 0 bridgehead atoms. The SMILES string of the molecule is Cc1cc(C)n(CC(=O)Nc2nnc(CCSCCc3nnc(NC(=O)Cn4nc(C)cc4C)s3)s2)n1. The molecule has 2 amide bonds. The zero-order valence-corrected chi connectivity index (χ0v) is 23.5. The topological polar surface area (TPSA) is 145 Å². The van der Waals surface area contributed by atoms with Crippen molar-refractivity contribution in [1.82, 2.24) is 40.0 Å². The Labute approximate surface area is 226 Å². The van der Waals surface area contributed by atoms with E-state index in [1.165, 1.54) is 22.7 Å². The van der Waals surface area contributed by atoms with Crippen LogP contribution in [0.15, 0.2) is 12.1 Å². The van der Waals surface area contributed by atoms with Crippen molar-refractivity contribution in [3.63, 3.8) is 0 Å². The van der Waals surface area contributed by atoms with Crippen LogP contribution in [0.2, 0.25) is 0 Å². The lowest BCUT2D eigenvalue weighted by molar-refractivity contribution is -0.117. The Morgan fingerprint density at radius 2 is 1.19 bits per heavy atom. The minimum atomic E-state index is -0.178. The summed E-state index contributed by atoms with van der Waals surface area (Å²) in [6.07, 6.45) is 1.53. The van der Waals surface area contributed by atoms with E-state index in [2.05, 4.69) is 41.2 Å². The largest absolute Gasteiger partial charge is 0.299 e. The van der Waals surface area contributed by atoms with Gasteiger partial charge in [0.15, 0.2) is 0 Å². The summed E-state index contributed by atoms with van der Waals surface area (Å²) in [6.45, 7) is 7.92. The fourth-order valence-electron chi connectivity index (χ4n) is 3.49. The van der Waals surface area contributed by atoms with Crippen molar-refractivity contribution < 1.29 is 9.59 Å². The van der Waals surface area contributed by atoms with Gasteiger partial charge in [0.05, 0.1) is 11.4 Å². The first-order valence-electron chi connectivity index (χ1n) is 11.6. The third-order valence-corrected chi connectivity index (χ3v) is 7.92. The Bertz CT molecular complexity index is 1270. The number of anilines is 2. The molecule has 4 heterocycles. The van der Waals surface area contributed by atoms with E-state index in [1.54, 1.807) is 21.1 Å². The van der Waals surface area contributed by atoms with E-state index in [-0.39, 0.29) is 24.9 Å². The molecule has 0 spiro atoms. The average Bonchev–Trinajstić information content (AvgIpc) is 3.59. The summed E-state index contributed by atoms with van der Waals surface area (Å²) < 4.78 is 3.34. The molecule has 0 aliphatic heterocycles. The van der Waals surface area contributed by atoms with Gasteiger partial charge in [-0.25, -0.2) is 0 Å². The maximum absolute atomic E-state index is 12.3. The highest BCUT2D eigenvalue weighted by atomic mass is 32.2. The maximum Gasteiger partial charge on any atom is 0.247 e. The molecule has 0 saturated carbocycles. The number of hydrogen-bond acceptors (Lipinski definition) is 11. The van der Waals surface area contributed by atoms with Gasteiger partial charge in [-0.1, -0.05) is 22.7 Å². The van der Waals surface area contributed by atoms with Crippen molar-refractivity contribution in [2.75, 3.05) is 22.1 Å². The highest BCUT2D eigenvalue weighted by molar-refractivity contribution is 7.99. The number of hydrogen-bond donors (Lipinski definition) is 2. The van der Waals surface area contributed by atoms with Gasteiger partial charge >= 0.3 is 0 Å². The van der Waals surface area contributed by atoms with Crippen molar-refractivity contribution in [1.29, 1.82) is 0 Å². The van der Waals surface area contributed by atoms with E-state index >= 15 is 0 Å². The average molecular weight is 561 g/mol. The van der Waals surface area contributed by atoms with Crippen LogP contribution in [0.5, 0.6) is 0 Å². The van der Waals surface area contributed by atoms with E-state index in [9.17, 15) is 9.59 Å². The van der Waals surface area contributed by atoms with E-state index < -0.39 is 0 Å². The summed E-state index contributed by atoms with van der Waals surface area (Å²) in [5.41, 5.74) is 3.64. The number of amides is 2. The molecule has 12 nitrogen and oxygen atoms in total. The van der Waals surface area contributed by atoms with Crippen molar-refractivity contribution in [3.8, 4) is 0 Å². The predicted molar refractivity (Wildman–Crippen MR) is 145 cm³/mol. The van der Waals surface area contributed by atoms with Crippen LogP contribution < -0.4 is 10.6 Å². The molecule has 0 aliphatic rings. The third kappa shape index (κ3) is 7.90. The first-order chi connectivity index (χ1) is 17.7. The Morgan fingerprint density at radius 3 is 1.57 bits per heavy atom. The number of carbonyl (C=O) groups excluding carboxylic acids is 2. The van der Waals surface area contributed by atoms with Crippen LogP contribution in [0.4, 0.5) is 10.3 Å². The monoisotopic (exact) mass is 560 g/mol.